The summed E-state index contributed by atoms with van der Waals surface area (Å²) in [7, 11) is 1.53. The van der Waals surface area contributed by atoms with Gasteiger partial charge in [-0.15, -0.1) is 0 Å². The lowest BCUT2D eigenvalue weighted by atomic mass is 9.97. The van der Waals surface area contributed by atoms with E-state index in [1.807, 2.05) is 12.1 Å². The van der Waals surface area contributed by atoms with Crippen molar-refractivity contribution in [2.75, 3.05) is 7.11 Å². The molecule has 1 rings (SSSR count). The Morgan fingerprint density at radius 1 is 1.44 bits per heavy atom. The van der Waals surface area contributed by atoms with Crippen molar-refractivity contribution in [3.8, 4) is 11.5 Å². The van der Waals surface area contributed by atoms with E-state index in [0.29, 0.717) is 24.5 Å². The largest absolute Gasteiger partial charge is 0.504 e. The summed E-state index contributed by atoms with van der Waals surface area (Å²) in [5.74, 6) is 0.991. The van der Waals surface area contributed by atoms with E-state index in [4.69, 9.17) is 4.74 Å². The molecule has 0 aliphatic heterocycles. The standard InChI is InChI=1S/C13H18O3/c1-9(2)11-7-10(5-4-6-14)13(15)12(8-11)16-3/h6-9,15H,4-5H2,1-3H3. The van der Waals surface area contributed by atoms with Crippen molar-refractivity contribution in [3.63, 3.8) is 0 Å². The van der Waals surface area contributed by atoms with Crippen LogP contribution in [0.1, 0.15) is 37.3 Å². The van der Waals surface area contributed by atoms with E-state index in [2.05, 4.69) is 13.8 Å². The van der Waals surface area contributed by atoms with E-state index < -0.39 is 0 Å². The lowest BCUT2D eigenvalue weighted by Crippen LogP contribution is -1.96. The van der Waals surface area contributed by atoms with Gasteiger partial charge in [-0.3, -0.25) is 0 Å². The average molecular weight is 222 g/mol. The van der Waals surface area contributed by atoms with E-state index in [1.54, 1.807) is 0 Å². The van der Waals surface area contributed by atoms with Crippen LogP contribution >= 0.6 is 0 Å². The predicted octanol–water partition coefficient (Wildman–Crippen LogP) is 2.66. The van der Waals surface area contributed by atoms with Crippen LogP contribution in [0.4, 0.5) is 0 Å². The van der Waals surface area contributed by atoms with Gasteiger partial charge in [-0.05, 0) is 29.5 Å². The second kappa shape index (κ2) is 5.54. The third kappa shape index (κ3) is 2.75. The molecule has 0 radical (unpaired) electrons. The monoisotopic (exact) mass is 222 g/mol. The zero-order chi connectivity index (χ0) is 12.1. The highest BCUT2D eigenvalue weighted by molar-refractivity contribution is 5.53. The Labute approximate surface area is 96.1 Å². The van der Waals surface area contributed by atoms with Gasteiger partial charge < -0.3 is 14.6 Å². The average Bonchev–Trinajstić information content (AvgIpc) is 2.27. The van der Waals surface area contributed by atoms with Crippen LogP contribution in [0, 0.1) is 0 Å². The Kier molecular flexibility index (Phi) is 4.35. The third-order valence-electron chi connectivity index (χ3n) is 2.59. The lowest BCUT2D eigenvalue weighted by Gasteiger charge is -2.13. The molecule has 0 heterocycles. The van der Waals surface area contributed by atoms with Crippen LogP contribution < -0.4 is 4.74 Å². The number of carbonyl (C=O) groups is 1. The minimum atomic E-state index is 0.147. The molecule has 0 aromatic heterocycles. The topological polar surface area (TPSA) is 46.5 Å². The van der Waals surface area contributed by atoms with Gasteiger partial charge in [-0.1, -0.05) is 19.9 Å². The Bertz CT molecular complexity index is 370. The molecule has 0 atom stereocenters. The van der Waals surface area contributed by atoms with E-state index in [1.165, 1.54) is 7.11 Å². The van der Waals surface area contributed by atoms with Crippen molar-refractivity contribution in [2.45, 2.75) is 32.6 Å². The molecule has 0 aliphatic carbocycles. The molecular weight excluding hydrogens is 204 g/mol. The number of hydrogen-bond donors (Lipinski definition) is 1. The number of phenolic OH excluding ortho intramolecular Hbond substituents is 1. The van der Waals surface area contributed by atoms with Crippen molar-refractivity contribution in [2.24, 2.45) is 0 Å². The smallest absolute Gasteiger partial charge is 0.161 e. The molecule has 0 spiro atoms. The Hall–Kier alpha value is -1.51. The Balaban J connectivity index is 3.13. The molecule has 1 aromatic carbocycles. The normalized spacial score (nSPS) is 10.5. The zero-order valence-electron chi connectivity index (χ0n) is 9.99. The minimum Gasteiger partial charge on any atom is -0.504 e. The molecule has 88 valence electrons. The maximum atomic E-state index is 10.3. The number of hydrogen-bond acceptors (Lipinski definition) is 3. The van der Waals surface area contributed by atoms with Crippen LogP contribution in [-0.4, -0.2) is 18.5 Å². The second-order valence-electron chi connectivity index (χ2n) is 4.09. The fourth-order valence-corrected chi connectivity index (χ4v) is 1.58. The van der Waals surface area contributed by atoms with Crippen molar-refractivity contribution >= 4 is 6.29 Å². The van der Waals surface area contributed by atoms with E-state index in [-0.39, 0.29) is 5.75 Å². The second-order valence-corrected chi connectivity index (χ2v) is 4.09. The quantitative estimate of drug-likeness (QED) is 0.779. The van der Waals surface area contributed by atoms with Crippen molar-refractivity contribution in [1.82, 2.24) is 0 Å². The lowest BCUT2D eigenvalue weighted by molar-refractivity contribution is -0.107. The summed E-state index contributed by atoms with van der Waals surface area (Å²) in [6.07, 6.45) is 1.82. The zero-order valence-corrected chi connectivity index (χ0v) is 9.99. The molecule has 1 aromatic rings. The molecule has 0 amide bonds. The molecular formula is C13H18O3. The molecule has 0 saturated heterocycles. The van der Waals surface area contributed by atoms with Gasteiger partial charge in [0.25, 0.3) is 0 Å². The van der Waals surface area contributed by atoms with Gasteiger partial charge in [0.05, 0.1) is 7.11 Å². The molecule has 1 N–H and O–H groups in total. The number of aryl methyl sites for hydroxylation is 1. The molecule has 16 heavy (non-hydrogen) atoms. The van der Waals surface area contributed by atoms with Gasteiger partial charge >= 0.3 is 0 Å². The van der Waals surface area contributed by atoms with Crippen molar-refractivity contribution in [1.29, 1.82) is 0 Å². The van der Waals surface area contributed by atoms with Crippen LogP contribution in [0.15, 0.2) is 12.1 Å². The first-order valence-corrected chi connectivity index (χ1v) is 5.43. The molecule has 0 aliphatic rings. The molecule has 3 nitrogen and oxygen atoms in total. The highest BCUT2D eigenvalue weighted by atomic mass is 16.5. The van der Waals surface area contributed by atoms with Crippen LogP contribution in [0.3, 0.4) is 0 Å². The highest BCUT2D eigenvalue weighted by Gasteiger charge is 2.11. The Morgan fingerprint density at radius 3 is 2.62 bits per heavy atom. The summed E-state index contributed by atoms with van der Waals surface area (Å²) in [4.78, 5) is 10.3. The molecule has 0 fully saturated rings. The minimum absolute atomic E-state index is 0.147. The summed E-state index contributed by atoms with van der Waals surface area (Å²) >= 11 is 0. The number of methoxy groups -OCH3 is 1. The number of benzene rings is 1. The van der Waals surface area contributed by atoms with Gasteiger partial charge in [0.15, 0.2) is 11.5 Å². The highest BCUT2D eigenvalue weighted by Crippen LogP contribution is 2.34. The molecule has 0 saturated carbocycles. The van der Waals surface area contributed by atoms with Crippen LogP contribution in [0.25, 0.3) is 0 Å². The first-order chi connectivity index (χ1) is 7.60. The fraction of sp³-hybridized carbons (Fsp3) is 0.462. The van der Waals surface area contributed by atoms with Crippen molar-refractivity contribution in [3.05, 3.63) is 23.3 Å². The SMILES string of the molecule is COc1cc(C(C)C)cc(CCC=O)c1O. The van der Waals surface area contributed by atoms with E-state index in [0.717, 1.165) is 17.4 Å². The predicted molar refractivity (Wildman–Crippen MR) is 63.1 cm³/mol. The van der Waals surface area contributed by atoms with E-state index >= 15 is 0 Å². The Morgan fingerprint density at radius 2 is 2.12 bits per heavy atom. The van der Waals surface area contributed by atoms with Gasteiger partial charge in [0, 0.05) is 6.42 Å². The van der Waals surface area contributed by atoms with Gasteiger partial charge in [-0.2, -0.15) is 0 Å². The summed E-state index contributed by atoms with van der Waals surface area (Å²) in [5, 5.41) is 9.88. The van der Waals surface area contributed by atoms with Gasteiger partial charge in [0.2, 0.25) is 0 Å². The maximum absolute atomic E-state index is 10.3. The molecule has 3 heteroatoms. The van der Waals surface area contributed by atoms with Gasteiger partial charge in [0.1, 0.15) is 6.29 Å². The maximum Gasteiger partial charge on any atom is 0.161 e. The molecule has 0 unspecified atom stereocenters. The summed E-state index contributed by atoms with van der Waals surface area (Å²) < 4.78 is 5.12. The summed E-state index contributed by atoms with van der Waals surface area (Å²) in [5.41, 5.74) is 1.88. The fourth-order valence-electron chi connectivity index (χ4n) is 1.58. The van der Waals surface area contributed by atoms with Crippen molar-refractivity contribution < 1.29 is 14.6 Å². The third-order valence-corrected chi connectivity index (χ3v) is 2.59. The number of ether oxygens (including phenoxy) is 1. The molecule has 0 bridgehead atoms. The van der Waals surface area contributed by atoms with Crippen LogP contribution in [-0.2, 0) is 11.2 Å². The summed E-state index contributed by atoms with van der Waals surface area (Å²) in [6.45, 7) is 4.16. The van der Waals surface area contributed by atoms with Gasteiger partial charge in [-0.25, -0.2) is 0 Å². The summed E-state index contributed by atoms with van der Waals surface area (Å²) in [6, 6.07) is 3.77. The first-order valence-electron chi connectivity index (χ1n) is 5.43. The first kappa shape index (κ1) is 12.6. The number of aromatic hydroxyl groups is 1. The number of phenols is 1. The van der Waals surface area contributed by atoms with Crippen LogP contribution in [0.2, 0.25) is 0 Å². The number of aldehydes is 1. The van der Waals surface area contributed by atoms with E-state index in [9.17, 15) is 9.90 Å². The number of rotatable bonds is 5. The number of carbonyl (C=O) groups excluding carboxylic acids is 1. The van der Waals surface area contributed by atoms with Crippen LogP contribution in [0.5, 0.6) is 11.5 Å².